The van der Waals surface area contributed by atoms with E-state index in [-0.39, 0.29) is 11.9 Å². The van der Waals surface area contributed by atoms with E-state index in [1.807, 2.05) is 35.1 Å². The van der Waals surface area contributed by atoms with Gasteiger partial charge in [-0.1, -0.05) is 0 Å². The van der Waals surface area contributed by atoms with Gasteiger partial charge in [0, 0.05) is 50.5 Å². The molecule has 2 fully saturated rings. The van der Waals surface area contributed by atoms with Gasteiger partial charge < -0.3 is 10.1 Å². The number of carbonyl (C=O) groups excluding carboxylic acids is 1. The molecule has 0 saturated carbocycles. The number of carbonyl (C=O) groups is 1. The van der Waals surface area contributed by atoms with Crippen LogP contribution in [-0.4, -0.2) is 71.4 Å². The van der Waals surface area contributed by atoms with Gasteiger partial charge >= 0.3 is 0 Å². The molecule has 1 amide bonds. The van der Waals surface area contributed by atoms with Gasteiger partial charge in [0.15, 0.2) is 0 Å². The van der Waals surface area contributed by atoms with Gasteiger partial charge in [-0.15, -0.1) is 0 Å². The van der Waals surface area contributed by atoms with Crippen LogP contribution in [0.4, 0.5) is 0 Å². The summed E-state index contributed by atoms with van der Waals surface area (Å²) in [7, 11) is 1.67. The maximum Gasteiger partial charge on any atom is 0.238 e. The second kappa shape index (κ2) is 7.09. The molecule has 1 aromatic heterocycles. The third-order valence-corrected chi connectivity index (χ3v) is 5.40. The van der Waals surface area contributed by atoms with Crippen molar-refractivity contribution in [3.8, 4) is 11.4 Å². The number of piperazine rings is 2. The lowest BCUT2D eigenvalue weighted by Crippen LogP contribution is -2.63. The zero-order valence-electron chi connectivity index (χ0n) is 15.3. The molecule has 0 spiro atoms. The highest BCUT2D eigenvalue weighted by atomic mass is 16.5. The standard InChI is InChI=1S/C19H25N5O2/c1-14-15(11-21-24(14)16-3-5-17(26-2)6-4-16)12-22-9-10-23-8-7-20-19(25)18(23)13-22/h3-6,11,18H,7-10,12-13H2,1-2H3,(H,20,25). The summed E-state index contributed by atoms with van der Waals surface area (Å²) in [6.45, 7) is 7.34. The molecular weight excluding hydrogens is 330 g/mol. The molecule has 0 bridgehead atoms. The molecule has 0 radical (unpaired) electrons. The van der Waals surface area contributed by atoms with E-state index in [1.165, 1.54) is 5.56 Å². The van der Waals surface area contributed by atoms with E-state index < -0.39 is 0 Å². The van der Waals surface area contributed by atoms with Crippen LogP contribution >= 0.6 is 0 Å². The van der Waals surface area contributed by atoms with Crippen LogP contribution in [0.1, 0.15) is 11.3 Å². The third kappa shape index (κ3) is 3.20. The van der Waals surface area contributed by atoms with Crippen molar-refractivity contribution in [1.82, 2.24) is 24.9 Å². The fraction of sp³-hybridized carbons (Fsp3) is 0.474. The molecule has 2 aliphatic heterocycles. The zero-order chi connectivity index (χ0) is 18.1. The van der Waals surface area contributed by atoms with Crippen LogP contribution in [0, 0.1) is 6.92 Å². The van der Waals surface area contributed by atoms with Crippen LogP contribution < -0.4 is 10.1 Å². The van der Waals surface area contributed by atoms with Crippen LogP contribution in [0.15, 0.2) is 30.5 Å². The predicted molar refractivity (Wildman–Crippen MR) is 98.5 cm³/mol. The van der Waals surface area contributed by atoms with E-state index in [0.29, 0.717) is 0 Å². The van der Waals surface area contributed by atoms with E-state index >= 15 is 0 Å². The molecule has 1 unspecified atom stereocenters. The van der Waals surface area contributed by atoms with Crippen molar-refractivity contribution >= 4 is 5.91 Å². The number of ether oxygens (including phenoxy) is 1. The predicted octanol–water partition coefficient (Wildman–Crippen LogP) is 0.805. The van der Waals surface area contributed by atoms with Crippen molar-refractivity contribution < 1.29 is 9.53 Å². The van der Waals surface area contributed by atoms with E-state index in [9.17, 15) is 4.79 Å². The topological polar surface area (TPSA) is 62.6 Å². The lowest BCUT2D eigenvalue weighted by molar-refractivity contribution is -0.131. The van der Waals surface area contributed by atoms with Crippen LogP contribution in [0.5, 0.6) is 5.75 Å². The van der Waals surface area contributed by atoms with Gasteiger partial charge in [0.1, 0.15) is 11.8 Å². The van der Waals surface area contributed by atoms with Crippen molar-refractivity contribution in [3.63, 3.8) is 0 Å². The van der Waals surface area contributed by atoms with Gasteiger partial charge in [-0.25, -0.2) is 4.68 Å². The van der Waals surface area contributed by atoms with Crippen LogP contribution in [0.2, 0.25) is 0 Å². The number of hydrogen-bond acceptors (Lipinski definition) is 5. The average molecular weight is 355 g/mol. The lowest BCUT2D eigenvalue weighted by Gasteiger charge is -2.43. The summed E-state index contributed by atoms with van der Waals surface area (Å²) in [6, 6.07) is 7.88. The minimum Gasteiger partial charge on any atom is -0.497 e. The summed E-state index contributed by atoms with van der Waals surface area (Å²) >= 11 is 0. The molecule has 2 saturated heterocycles. The summed E-state index contributed by atoms with van der Waals surface area (Å²) in [4.78, 5) is 16.8. The highest BCUT2D eigenvalue weighted by Crippen LogP contribution is 2.20. The SMILES string of the molecule is COc1ccc(-n2ncc(CN3CCN4CCNC(=O)C4C3)c2C)cc1. The van der Waals surface area contributed by atoms with E-state index in [0.717, 1.165) is 56.4 Å². The Kier molecular flexibility index (Phi) is 4.65. The molecular formula is C19H25N5O2. The van der Waals surface area contributed by atoms with Crippen molar-refractivity contribution in [1.29, 1.82) is 0 Å². The Morgan fingerprint density at radius 3 is 2.81 bits per heavy atom. The molecule has 1 aromatic carbocycles. The molecule has 4 rings (SSSR count). The van der Waals surface area contributed by atoms with E-state index in [4.69, 9.17) is 4.74 Å². The molecule has 1 atom stereocenters. The fourth-order valence-electron chi connectivity index (χ4n) is 3.80. The van der Waals surface area contributed by atoms with Crippen LogP contribution in [0.25, 0.3) is 5.69 Å². The Labute approximate surface area is 153 Å². The number of fused-ring (bicyclic) bond motifs is 1. The highest BCUT2D eigenvalue weighted by Gasteiger charge is 2.34. The van der Waals surface area contributed by atoms with Gasteiger partial charge in [-0.2, -0.15) is 5.10 Å². The molecule has 138 valence electrons. The minimum atomic E-state index is -0.0190. The Balaban J connectivity index is 1.47. The molecule has 7 nitrogen and oxygen atoms in total. The van der Waals surface area contributed by atoms with Crippen molar-refractivity contribution in [3.05, 3.63) is 41.7 Å². The number of nitrogens with one attached hydrogen (secondary N) is 1. The summed E-state index contributed by atoms with van der Waals surface area (Å²) in [6.07, 6.45) is 1.94. The Bertz CT molecular complexity index is 786. The van der Waals surface area contributed by atoms with Crippen molar-refractivity contribution in [2.75, 3.05) is 39.8 Å². The normalized spacial score (nSPS) is 21.3. The number of rotatable bonds is 4. The molecule has 0 aliphatic carbocycles. The number of nitrogens with zero attached hydrogens (tertiary/aromatic N) is 4. The zero-order valence-corrected chi connectivity index (χ0v) is 15.3. The maximum absolute atomic E-state index is 12.1. The molecule has 7 heteroatoms. The highest BCUT2D eigenvalue weighted by molar-refractivity contribution is 5.82. The molecule has 2 aromatic rings. The monoisotopic (exact) mass is 355 g/mol. The first-order valence-corrected chi connectivity index (χ1v) is 9.08. The number of methoxy groups -OCH3 is 1. The first-order chi connectivity index (χ1) is 12.7. The Hall–Kier alpha value is -2.38. The quantitative estimate of drug-likeness (QED) is 0.879. The summed E-state index contributed by atoms with van der Waals surface area (Å²) in [5.74, 6) is 0.994. The molecule has 26 heavy (non-hydrogen) atoms. The number of hydrogen-bond donors (Lipinski definition) is 1. The minimum absolute atomic E-state index is 0.0190. The number of aromatic nitrogens is 2. The van der Waals surface area contributed by atoms with E-state index in [1.54, 1.807) is 7.11 Å². The number of amides is 1. The molecule has 1 N–H and O–H groups in total. The van der Waals surface area contributed by atoms with Crippen molar-refractivity contribution in [2.24, 2.45) is 0 Å². The maximum atomic E-state index is 12.1. The fourth-order valence-corrected chi connectivity index (χ4v) is 3.80. The second-order valence-electron chi connectivity index (χ2n) is 6.94. The van der Waals surface area contributed by atoms with Gasteiger partial charge in [-0.05, 0) is 31.2 Å². The lowest BCUT2D eigenvalue weighted by atomic mass is 10.1. The first-order valence-electron chi connectivity index (χ1n) is 9.08. The van der Waals surface area contributed by atoms with Crippen molar-refractivity contribution in [2.45, 2.75) is 19.5 Å². The largest absolute Gasteiger partial charge is 0.497 e. The number of benzene rings is 1. The smallest absolute Gasteiger partial charge is 0.238 e. The van der Waals surface area contributed by atoms with Gasteiger partial charge in [0.2, 0.25) is 5.91 Å². The Morgan fingerprint density at radius 1 is 1.23 bits per heavy atom. The van der Waals surface area contributed by atoms with Gasteiger partial charge in [-0.3, -0.25) is 14.6 Å². The average Bonchev–Trinajstić information content (AvgIpc) is 3.03. The second-order valence-corrected chi connectivity index (χ2v) is 6.94. The summed E-state index contributed by atoms with van der Waals surface area (Å²) < 4.78 is 7.18. The molecule has 2 aliphatic rings. The Morgan fingerprint density at radius 2 is 2.04 bits per heavy atom. The summed E-state index contributed by atoms with van der Waals surface area (Å²) in [5, 5.41) is 7.54. The third-order valence-electron chi connectivity index (χ3n) is 5.40. The van der Waals surface area contributed by atoms with Gasteiger partial charge in [0.25, 0.3) is 0 Å². The van der Waals surface area contributed by atoms with Gasteiger partial charge in [0.05, 0.1) is 19.0 Å². The van der Waals surface area contributed by atoms with Crippen LogP contribution in [0.3, 0.4) is 0 Å². The summed E-state index contributed by atoms with van der Waals surface area (Å²) in [5.41, 5.74) is 3.35. The van der Waals surface area contributed by atoms with Crippen LogP contribution in [-0.2, 0) is 11.3 Å². The molecule has 3 heterocycles. The van der Waals surface area contributed by atoms with E-state index in [2.05, 4.69) is 27.1 Å². The first kappa shape index (κ1) is 17.1.